The van der Waals surface area contributed by atoms with E-state index in [4.69, 9.17) is 14.9 Å². The number of nitrogens with one attached hydrogen (secondary N) is 1. The van der Waals surface area contributed by atoms with Crippen molar-refractivity contribution in [3.05, 3.63) is 0 Å². The van der Waals surface area contributed by atoms with E-state index in [9.17, 15) is 15.8 Å². The predicted octanol–water partition coefficient (Wildman–Crippen LogP) is 4.57. The Balaban J connectivity index is 2.11. The lowest BCUT2D eigenvalue weighted by Gasteiger charge is -2.50. The van der Waals surface area contributed by atoms with Crippen LogP contribution >= 0.6 is 0 Å². The van der Waals surface area contributed by atoms with Crippen LogP contribution in [0.4, 0.5) is 0 Å². The molecule has 3 aliphatic rings. The third kappa shape index (κ3) is 2.64. The molecule has 1 saturated carbocycles. The van der Waals surface area contributed by atoms with Gasteiger partial charge in [-0.2, -0.15) is 15.8 Å². The van der Waals surface area contributed by atoms with E-state index in [1.807, 2.05) is 6.92 Å². The van der Waals surface area contributed by atoms with Gasteiger partial charge in [0.2, 0.25) is 11.7 Å². The minimum atomic E-state index is -1.71. The highest BCUT2D eigenvalue weighted by molar-refractivity contribution is 5.89. The second-order valence-corrected chi connectivity index (χ2v) is 8.13. The maximum Gasteiger partial charge on any atom is 0.217 e. The van der Waals surface area contributed by atoms with E-state index in [0.29, 0.717) is 19.3 Å². The minimum absolute atomic E-state index is 0.246. The van der Waals surface area contributed by atoms with E-state index in [2.05, 4.69) is 18.2 Å². The molecular weight excluding hydrogens is 340 g/mol. The number of rotatable bonds is 1. The molecule has 2 heterocycles. The van der Waals surface area contributed by atoms with Gasteiger partial charge in [-0.3, -0.25) is 5.41 Å². The molecule has 144 valence electrons. The van der Waals surface area contributed by atoms with Crippen LogP contribution in [0, 0.1) is 56.2 Å². The van der Waals surface area contributed by atoms with Gasteiger partial charge in [0.05, 0.1) is 30.2 Å². The summed E-state index contributed by atoms with van der Waals surface area (Å²) >= 11 is 0. The molecule has 0 amide bonds. The fourth-order valence-corrected chi connectivity index (χ4v) is 5.41. The van der Waals surface area contributed by atoms with Gasteiger partial charge in [0, 0.05) is 6.42 Å². The van der Waals surface area contributed by atoms with Gasteiger partial charge >= 0.3 is 0 Å². The maximum atomic E-state index is 10.2. The van der Waals surface area contributed by atoms with Gasteiger partial charge in [-0.1, -0.05) is 51.9 Å². The fraction of sp³-hybridized carbons (Fsp3) is 0.810. The van der Waals surface area contributed by atoms with Gasteiger partial charge in [0.15, 0.2) is 10.8 Å². The lowest BCUT2D eigenvalue weighted by molar-refractivity contribution is -0.285. The Morgan fingerprint density at radius 1 is 0.963 bits per heavy atom. The molecule has 0 spiro atoms. The second-order valence-electron chi connectivity index (χ2n) is 8.13. The molecule has 3 rings (SSSR count). The normalized spacial score (nSPS) is 38.7. The van der Waals surface area contributed by atoms with Crippen LogP contribution in [0.15, 0.2) is 0 Å². The molecule has 0 aromatic heterocycles. The van der Waals surface area contributed by atoms with E-state index in [-0.39, 0.29) is 5.90 Å². The van der Waals surface area contributed by atoms with Crippen LogP contribution in [0.1, 0.15) is 77.6 Å². The Bertz CT molecular complexity index is 701. The minimum Gasteiger partial charge on any atom is -0.447 e. The molecule has 1 N–H and O–H groups in total. The van der Waals surface area contributed by atoms with Crippen molar-refractivity contribution in [2.45, 2.75) is 89.4 Å². The molecule has 4 unspecified atom stereocenters. The number of hydrogen-bond acceptors (Lipinski definition) is 6. The molecule has 0 aromatic carbocycles. The Morgan fingerprint density at radius 2 is 1.56 bits per heavy atom. The average Bonchev–Trinajstić information content (AvgIpc) is 2.85. The summed E-state index contributed by atoms with van der Waals surface area (Å²) in [5.41, 5.74) is -3.27. The van der Waals surface area contributed by atoms with Crippen molar-refractivity contribution in [2.75, 3.05) is 0 Å². The molecule has 2 bridgehead atoms. The van der Waals surface area contributed by atoms with Crippen molar-refractivity contribution in [1.29, 1.82) is 21.2 Å². The number of nitrogens with zero attached hydrogens (tertiary/aromatic N) is 3. The molecule has 1 aliphatic carbocycles. The van der Waals surface area contributed by atoms with Crippen LogP contribution in [-0.2, 0) is 9.47 Å². The lowest BCUT2D eigenvalue weighted by atomic mass is 9.52. The van der Waals surface area contributed by atoms with Gasteiger partial charge < -0.3 is 9.47 Å². The third-order valence-corrected chi connectivity index (χ3v) is 6.80. The van der Waals surface area contributed by atoms with E-state index in [1.54, 1.807) is 0 Å². The summed E-state index contributed by atoms with van der Waals surface area (Å²) < 4.78 is 12.4. The average molecular weight is 368 g/mol. The highest BCUT2D eigenvalue weighted by atomic mass is 16.7. The topological polar surface area (TPSA) is 114 Å². The van der Waals surface area contributed by atoms with Gasteiger partial charge in [-0.15, -0.1) is 0 Å². The first-order valence-corrected chi connectivity index (χ1v) is 10.3. The first-order valence-electron chi connectivity index (χ1n) is 10.3. The van der Waals surface area contributed by atoms with Crippen molar-refractivity contribution < 1.29 is 9.47 Å². The summed E-state index contributed by atoms with van der Waals surface area (Å²) in [6.07, 6.45) is 9.60. The molecule has 2 aliphatic heterocycles. The smallest absolute Gasteiger partial charge is 0.217 e. The van der Waals surface area contributed by atoms with Crippen LogP contribution < -0.4 is 0 Å². The van der Waals surface area contributed by atoms with Crippen LogP contribution in [0.2, 0.25) is 0 Å². The molecular formula is C21H28N4O2. The zero-order valence-electron chi connectivity index (χ0n) is 16.1. The molecule has 3 fully saturated rings. The summed E-state index contributed by atoms with van der Waals surface area (Å²) in [7, 11) is 0. The van der Waals surface area contributed by atoms with Crippen molar-refractivity contribution in [3.8, 4) is 18.2 Å². The zero-order valence-corrected chi connectivity index (χ0v) is 16.1. The van der Waals surface area contributed by atoms with Gasteiger partial charge in [0.1, 0.15) is 0 Å². The highest BCUT2D eigenvalue weighted by Gasteiger charge is 2.79. The number of nitriles is 3. The Hall–Kier alpha value is -2.10. The van der Waals surface area contributed by atoms with E-state index >= 15 is 0 Å². The SMILES string of the molecule is CCC1OC23CCCCCCCCCCC2C(C#N)(C(=N)O3)C1(C#N)C#N. The molecule has 27 heavy (non-hydrogen) atoms. The summed E-state index contributed by atoms with van der Waals surface area (Å²) in [5, 5.41) is 38.8. The zero-order chi connectivity index (χ0) is 19.5. The molecule has 0 aromatic rings. The van der Waals surface area contributed by atoms with Gasteiger partial charge in [-0.25, -0.2) is 0 Å². The molecule has 0 radical (unpaired) electrons. The predicted molar refractivity (Wildman–Crippen MR) is 98.1 cm³/mol. The summed E-state index contributed by atoms with van der Waals surface area (Å²) in [4.78, 5) is 0. The highest BCUT2D eigenvalue weighted by Crippen LogP contribution is 2.65. The second kappa shape index (κ2) is 7.49. The van der Waals surface area contributed by atoms with Crippen molar-refractivity contribution >= 4 is 5.90 Å². The van der Waals surface area contributed by atoms with Crippen molar-refractivity contribution in [2.24, 2.45) is 16.7 Å². The van der Waals surface area contributed by atoms with Crippen molar-refractivity contribution in [3.63, 3.8) is 0 Å². The Morgan fingerprint density at radius 3 is 2.11 bits per heavy atom. The first kappa shape index (κ1) is 19.7. The standard InChI is InChI=1S/C21H28N4O2/c1-2-17-19(13-22,14-23)20(15-24)16-11-9-7-5-3-4-6-8-10-12-21(16,26-17)27-18(20)25/h16-17,25H,2-12H2,1H3. The molecule has 6 nitrogen and oxygen atoms in total. The largest absolute Gasteiger partial charge is 0.447 e. The molecule has 6 heteroatoms. The van der Waals surface area contributed by atoms with Gasteiger partial charge in [0.25, 0.3) is 0 Å². The van der Waals surface area contributed by atoms with Crippen molar-refractivity contribution in [1.82, 2.24) is 0 Å². The molecule has 2 saturated heterocycles. The van der Waals surface area contributed by atoms with E-state index in [1.165, 1.54) is 19.3 Å². The van der Waals surface area contributed by atoms with Crippen LogP contribution in [0.25, 0.3) is 0 Å². The summed E-state index contributed by atoms with van der Waals surface area (Å²) in [6.45, 7) is 1.86. The fourth-order valence-electron chi connectivity index (χ4n) is 5.41. The van der Waals surface area contributed by atoms with Crippen LogP contribution in [0.5, 0.6) is 0 Å². The van der Waals surface area contributed by atoms with Crippen LogP contribution in [0.3, 0.4) is 0 Å². The Labute approximate surface area is 161 Å². The number of hydrogen-bond donors (Lipinski definition) is 1. The third-order valence-electron chi connectivity index (χ3n) is 6.80. The monoisotopic (exact) mass is 368 g/mol. The first-order chi connectivity index (χ1) is 13.1. The van der Waals surface area contributed by atoms with E-state index < -0.39 is 28.6 Å². The quantitative estimate of drug-likeness (QED) is 0.728. The summed E-state index contributed by atoms with van der Waals surface area (Å²) in [6, 6.07) is 6.46. The molecule has 4 atom stereocenters. The maximum absolute atomic E-state index is 10.2. The Kier molecular flexibility index (Phi) is 5.45. The lowest BCUT2D eigenvalue weighted by Crippen LogP contribution is -2.62. The van der Waals surface area contributed by atoms with Gasteiger partial charge in [-0.05, 0) is 19.3 Å². The van der Waals surface area contributed by atoms with Crippen LogP contribution in [-0.4, -0.2) is 17.8 Å². The number of ether oxygens (including phenoxy) is 2. The summed E-state index contributed by atoms with van der Waals surface area (Å²) in [5.74, 6) is -1.75. The van der Waals surface area contributed by atoms with E-state index in [0.717, 1.165) is 32.1 Å².